The van der Waals surface area contributed by atoms with E-state index in [-0.39, 0.29) is 11.6 Å². The van der Waals surface area contributed by atoms with Gasteiger partial charge in [0.1, 0.15) is 18.3 Å². The summed E-state index contributed by atoms with van der Waals surface area (Å²) < 4.78 is 18.6. The van der Waals surface area contributed by atoms with Crippen LogP contribution in [0.1, 0.15) is 20.8 Å². The van der Waals surface area contributed by atoms with Crippen LogP contribution in [-0.4, -0.2) is 64.4 Å². The molecular formula is C26H40O5Si2. The van der Waals surface area contributed by atoms with E-state index in [2.05, 4.69) is 64.7 Å². The van der Waals surface area contributed by atoms with Crippen molar-refractivity contribution in [3.05, 3.63) is 60.7 Å². The normalized spacial score (nSPS) is 24.6. The highest BCUT2D eigenvalue weighted by atomic mass is 28.4. The molecule has 1 aliphatic rings. The third kappa shape index (κ3) is 6.03. The second kappa shape index (κ2) is 10.5. The fraction of sp³-hybridized carbons (Fsp3) is 0.538. The Balaban J connectivity index is 1.98. The Morgan fingerprint density at radius 3 is 1.88 bits per heavy atom. The molecule has 4 atom stereocenters. The van der Waals surface area contributed by atoms with E-state index in [0.29, 0.717) is 6.61 Å². The molecule has 7 heteroatoms. The quantitative estimate of drug-likeness (QED) is 0.558. The molecule has 0 bridgehead atoms. The Bertz CT molecular complexity index is 824. The summed E-state index contributed by atoms with van der Waals surface area (Å²) in [6.45, 7) is 14.0. The minimum atomic E-state index is -2.94. The van der Waals surface area contributed by atoms with Gasteiger partial charge in [0.15, 0.2) is 6.29 Å². The number of rotatable bonds is 8. The Morgan fingerprint density at radius 2 is 1.42 bits per heavy atom. The third-order valence-electron chi connectivity index (χ3n) is 6.29. The average Bonchev–Trinajstić information content (AvgIpc) is 2.75. The zero-order chi connectivity index (χ0) is 24.3. The summed E-state index contributed by atoms with van der Waals surface area (Å²) in [6, 6.07) is 21.5. The minimum absolute atomic E-state index is 0.0670. The lowest BCUT2D eigenvalue weighted by molar-refractivity contribution is -0.265. The van der Waals surface area contributed by atoms with Crippen molar-refractivity contribution in [3.8, 4) is 0 Å². The largest absolute Gasteiger partial charge is 0.399 e. The lowest BCUT2D eigenvalue weighted by Gasteiger charge is -2.48. The first-order valence-corrected chi connectivity index (χ1v) is 17.5. The van der Waals surface area contributed by atoms with Crippen molar-refractivity contribution in [2.24, 2.45) is 0 Å². The summed E-state index contributed by atoms with van der Waals surface area (Å²) in [5.41, 5.74) is 0. The van der Waals surface area contributed by atoms with E-state index < -0.39 is 41.0 Å². The average molecular weight is 489 g/mol. The lowest BCUT2D eigenvalue weighted by atomic mass is 10.1. The van der Waals surface area contributed by atoms with Crippen LogP contribution in [0.3, 0.4) is 0 Å². The minimum Gasteiger partial charge on any atom is -0.399 e. The van der Waals surface area contributed by atoms with Gasteiger partial charge in [-0.3, -0.25) is 0 Å². The number of aliphatic hydroxyl groups excluding tert-OH is 2. The number of aliphatic hydroxyl groups is 2. The second-order valence-electron chi connectivity index (χ2n) is 11.2. The maximum absolute atomic E-state index is 11.2. The van der Waals surface area contributed by atoms with Gasteiger partial charge in [-0.1, -0.05) is 101 Å². The maximum atomic E-state index is 11.2. The molecule has 2 aromatic carbocycles. The van der Waals surface area contributed by atoms with E-state index in [0.717, 1.165) is 16.4 Å². The van der Waals surface area contributed by atoms with Crippen LogP contribution in [0.25, 0.3) is 0 Å². The summed E-state index contributed by atoms with van der Waals surface area (Å²) in [4.78, 5) is 0. The van der Waals surface area contributed by atoms with Gasteiger partial charge < -0.3 is 24.1 Å². The van der Waals surface area contributed by atoms with E-state index in [1.54, 1.807) is 0 Å². The zero-order valence-electron chi connectivity index (χ0n) is 20.8. The van der Waals surface area contributed by atoms with Crippen LogP contribution in [0.4, 0.5) is 0 Å². The summed E-state index contributed by atoms with van der Waals surface area (Å²) in [7, 11) is -4.22. The molecule has 0 spiro atoms. The molecule has 2 aromatic rings. The summed E-state index contributed by atoms with van der Waals surface area (Å²) in [6.07, 6.45) is -3.66. The van der Waals surface area contributed by atoms with Gasteiger partial charge in [-0.2, -0.15) is 0 Å². The molecule has 0 radical (unpaired) electrons. The second-order valence-corrected chi connectivity index (χ2v) is 21.1. The topological polar surface area (TPSA) is 68.2 Å². The predicted molar refractivity (Wildman–Crippen MR) is 138 cm³/mol. The van der Waals surface area contributed by atoms with Crippen molar-refractivity contribution in [2.45, 2.75) is 76.1 Å². The molecule has 0 saturated carbocycles. The highest BCUT2D eigenvalue weighted by Crippen LogP contribution is 2.39. The van der Waals surface area contributed by atoms with Gasteiger partial charge in [-0.05, 0) is 21.5 Å². The number of ether oxygens (including phenoxy) is 2. The van der Waals surface area contributed by atoms with E-state index in [1.807, 2.05) is 36.4 Å². The van der Waals surface area contributed by atoms with Crippen LogP contribution in [-0.2, 0) is 13.9 Å². The fourth-order valence-corrected chi connectivity index (χ4v) is 9.89. The molecule has 1 fully saturated rings. The van der Waals surface area contributed by atoms with Gasteiger partial charge in [0.2, 0.25) is 0 Å². The van der Waals surface area contributed by atoms with Crippen molar-refractivity contribution in [2.75, 3.05) is 13.2 Å². The molecule has 0 aliphatic carbocycles. The summed E-state index contributed by atoms with van der Waals surface area (Å²) in [5, 5.41) is 24.1. The lowest BCUT2D eigenvalue weighted by Crippen LogP contribution is -2.71. The van der Waals surface area contributed by atoms with Gasteiger partial charge in [-0.25, -0.2) is 0 Å². The van der Waals surface area contributed by atoms with E-state index in [1.165, 1.54) is 0 Å². The zero-order valence-corrected chi connectivity index (χ0v) is 22.8. The number of hydrogen-bond donors (Lipinski definition) is 2. The molecule has 0 unspecified atom stereocenters. The first-order valence-electron chi connectivity index (χ1n) is 11.8. The number of hydrogen-bond acceptors (Lipinski definition) is 5. The van der Waals surface area contributed by atoms with Gasteiger partial charge in [0, 0.05) is 14.7 Å². The van der Waals surface area contributed by atoms with Crippen LogP contribution in [0, 0.1) is 0 Å². The molecule has 33 heavy (non-hydrogen) atoms. The van der Waals surface area contributed by atoms with E-state index >= 15 is 0 Å². The highest BCUT2D eigenvalue weighted by Gasteiger charge is 2.54. The molecule has 3 rings (SSSR count). The van der Waals surface area contributed by atoms with Crippen molar-refractivity contribution in [1.82, 2.24) is 0 Å². The van der Waals surface area contributed by atoms with E-state index in [9.17, 15) is 10.2 Å². The van der Waals surface area contributed by atoms with Crippen LogP contribution < -0.4 is 10.4 Å². The van der Waals surface area contributed by atoms with Crippen LogP contribution >= 0.6 is 0 Å². The number of benzene rings is 2. The van der Waals surface area contributed by atoms with E-state index in [4.69, 9.17) is 13.9 Å². The van der Waals surface area contributed by atoms with Gasteiger partial charge in [-0.15, -0.1) is 0 Å². The van der Waals surface area contributed by atoms with Crippen LogP contribution in [0.2, 0.25) is 30.7 Å². The molecular weight excluding hydrogens is 448 g/mol. The maximum Gasteiger partial charge on any atom is 0.261 e. The Labute approximate surface area is 200 Å². The molecule has 1 aliphatic heterocycles. The predicted octanol–water partition coefficient (Wildman–Crippen LogP) is 3.36. The smallest absolute Gasteiger partial charge is 0.261 e. The fourth-order valence-electron chi connectivity index (χ4n) is 4.44. The standard InChI is InChI=1S/C26H40O5Si2/c1-26(2,3)33(20-13-9-7-10-14-20,21-15-11-8-12-16-21)31-24-22(27)19-30-25(23(24)28)29-17-18-32(4,5)6/h7-16,22-25,27-28H,17-19H2,1-6H3/t22-,23-,24+,25-/m1/s1. The monoisotopic (exact) mass is 488 g/mol. The van der Waals surface area contributed by atoms with Gasteiger partial charge in [0.25, 0.3) is 8.32 Å². The van der Waals surface area contributed by atoms with Crippen molar-refractivity contribution < 1.29 is 24.1 Å². The van der Waals surface area contributed by atoms with Crippen molar-refractivity contribution in [3.63, 3.8) is 0 Å². The first kappa shape index (κ1) is 26.3. The van der Waals surface area contributed by atoms with Crippen LogP contribution in [0.15, 0.2) is 60.7 Å². The molecule has 5 nitrogen and oxygen atoms in total. The summed E-state index contributed by atoms with van der Waals surface area (Å²) in [5.74, 6) is 0. The Kier molecular flexibility index (Phi) is 8.38. The Morgan fingerprint density at radius 1 is 0.909 bits per heavy atom. The van der Waals surface area contributed by atoms with Crippen molar-refractivity contribution >= 4 is 26.8 Å². The van der Waals surface area contributed by atoms with Crippen molar-refractivity contribution in [1.29, 1.82) is 0 Å². The SMILES string of the molecule is CC(C)(C)[Si](O[C@@H]1[C@@H](O)[C@H](OCC[Si](C)(C)C)OC[C@H]1O)(c1ccccc1)c1ccccc1. The molecule has 0 amide bonds. The Hall–Kier alpha value is -1.33. The molecule has 0 aromatic heterocycles. The van der Waals surface area contributed by atoms with Crippen LogP contribution in [0.5, 0.6) is 0 Å². The van der Waals surface area contributed by atoms with Gasteiger partial charge in [0.05, 0.1) is 6.61 Å². The molecule has 1 heterocycles. The molecule has 182 valence electrons. The molecule has 2 N–H and O–H groups in total. The molecule has 1 saturated heterocycles. The summed E-state index contributed by atoms with van der Waals surface area (Å²) >= 11 is 0. The third-order valence-corrected chi connectivity index (χ3v) is 13.0. The highest BCUT2D eigenvalue weighted by molar-refractivity contribution is 6.99. The first-order chi connectivity index (χ1) is 15.5. The van der Waals surface area contributed by atoms with Gasteiger partial charge >= 0.3 is 0 Å².